The van der Waals surface area contributed by atoms with Gasteiger partial charge in [0.1, 0.15) is 0 Å². The zero-order valence-corrected chi connectivity index (χ0v) is 17.3. The van der Waals surface area contributed by atoms with Crippen LogP contribution in [0, 0.1) is 40.9 Å². The van der Waals surface area contributed by atoms with Gasteiger partial charge in [0.2, 0.25) is 0 Å². The van der Waals surface area contributed by atoms with Gasteiger partial charge in [-0.15, -0.1) is 0 Å². The normalized spacial score (nSPS) is 53.7. The third kappa shape index (κ3) is 2.58. The van der Waals surface area contributed by atoms with Gasteiger partial charge < -0.3 is 14.9 Å². The highest BCUT2D eigenvalue weighted by atomic mass is 16.5. The van der Waals surface area contributed by atoms with E-state index in [0.29, 0.717) is 12.3 Å². The summed E-state index contributed by atoms with van der Waals surface area (Å²) in [7, 11) is 0. The predicted molar refractivity (Wildman–Crippen MR) is 104 cm³/mol. The molecule has 4 aliphatic carbocycles. The molecule has 8 unspecified atom stereocenters. The summed E-state index contributed by atoms with van der Waals surface area (Å²) in [6.45, 7) is 9.25. The number of carboxylic acid groups (broad SMARTS) is 1. The van der Waals surface area contributed by atoms with E-state index >= 15 is 0 Å². The molecule has 1 spiro atoms. The highest BCUT2D eigenvalue weighted by molar-refractivity contribution is 5.73. The van der Waals surface area contributed by atoms with E-state index in [0.717, 1.165) is 38.7 Å². The number of allylic oxidation sites excluding steroid dienone is 1. The maximum absolute atomic E-state index is 12.6. The first-order valence-electron chi connectivity index (χ1n) is 10.9. The number of hydrogen-bond acceptors (Lipinski definition) is 3. The Balaban J connectivity index is 1.81. The summed E-state index contributed by atoms with van der Waals surface area (Å²) in [4.78, 5) is 12.6. The van der Waals surface area contributed by atoms with Crippen LogP contribution in [0.15, 0.2) is 12.2 Å². The van der Waals surface area contributed by atoms with E-state index in [1.54, 1.807) is 0 Å². The molecule has 0 radical (unpaired) electrons. The fourth-order valence-corrected chi connectivity index (χ4v) is 7.97. The monoisotopic (exact) mass is 376 g/mol. The quantitative estimate of drug-likeness (QED) is 0.719. The van der Waals surface area contributed by atoms with Crippen LogP contribution in [0.5, 0.6) is 0 Å². The average Bonchev–Trinajstić information content (AvgIpc) is 2.97. The fraction of sp³-hybridized carbons (Fsp3) is 0.870. The maximum Gasteiger partial charge on any atom is 0.307 e. The van der Waals surface area contributed by atoms with Crippen LogP contribution in [0.4, 0.5) is 0 Å². The Bertz CT molecular complexity index is 640. The van der Waals surface area contributed by atoms with Gasteiger partial charge in [0.25, 0.3) is 0 Å². The third-order valence-corrected chi connectivity index (χ3v) is 8.84. The van der Waals surface area contributed by atoms with E-state index in [1.165, 1.54) is 0 Å². The summed E-state index contributed by atoms with van der Waals surface area (Å²) >= 11 is 0. The molecule has 4 aliphatic rings. The van der Waals surface area contributed by atoms with Crippen LogP contribution >= 0.6 is 0 Å². The van der Waals surface area contributed by atoms with Gasteiger partial charge in [-0.3, -0.25) is 4.79 Å². The van der Waals surface area contributed by atoms with Crippen LogP contribution in [-0.4, -0.2) is 34.0 Å². The van der Waals surface area contributed by atoms with Gasteiger partial charge >= 0.3 is 5.97 Å². The maximum atomic E-state index is 12.6. The summed E-state index contributed by atoms with van der Waals surface area (Å²) < 4.78 is 6.44. The van der Waals surface area contributed by atoms with Crippen molar-refractivity contribution in [2.45, 2.75) is 77.4 Å². The molecule has 0 aromatic carbocycles. The van der Waals surface area contributed by atoms with E-state index in [-0.39, 0.29) is 40.6 Å². The Morgan fingerprint density at radius 1 is 1.33 bits per heavy atom. The molecule has 4 heteroatoms. The molecule has 0 amide bonds. The van der Waals surface area contributed by atoms with Gasteiger partial charge in [-0.1, -0.05) is 32.9 Å². The number of ether oxygens (including phenoxy) is 1. The smallest absolute Gasteiger partial charge is 0.307 e. The lowest BCUT2D eigenvalue weighted by Gasteiger charge is -2.46. The minimum atomic E-state index is -0.829. The second kappa shape index (κ2) is 6.32. The van der Waals surface area contributed by atoms with Crippen LogP contribution in [0.3, 0.4) is 0 Å². The van der Waals surface area contributed by atoms with Crippen molar-refractivity contribution < 1.29 is 19.7 Å². The van der Waals surface area contributed by atoms with Crippen molar-refractivity contribution >= 4 is 5.97 Å². The molecule has 0 saturated heterocycles. The molecule has 4 rings (SSSR count). The van der Waals surface area contributed by atoms with E-state index in [1.807, 2.05) is 6.92 Å². The van der Waals surface area contributed by atoms with Gasteiger partial charge in [0.05, 0.1) is 17.1 Å². The fourth-order valence-electron chi connectivity index (χ4n) is 7.97. The summed E-state index contributed by atoms with van der Waals surface area (Å²) in [6.07, 6.45) is 9.64. The Morgan fingerprint density at radius 2 is 2.07 bits per heavy atom. The van der Waals surface area contributed by atoms with Crippen molar-refractivity contribution in [2.24, 2.45) is 40.9 Å². The van der Waals surface area contributed by atoms with Gasteiger partial charge in [-0.05, 0) is 80.5 Å². The molecule has 0 aromatic rings. The van der Waals surface area contributed by atoms with Crippen LogP contribution in [0.1, 0.15) is 66.2 Å². The van der Waals surface area contributed by atoms with Crippen molar-refractivity contribution in [2.75, 3.05) is 6.61 Å². The lowest BCUT2D eigenvalue weighted by atomic mass is 9.61. The number of fused-ring (bicyclic) bond motifs is 3. The first-order chi connectivity index (χ1) is 12.7. The Morgan fingerprint density at radius 3 is 2.74 bits per heavy atom. The molecule has 0 aromatic heterocycles. The molecule has 4 nitrogen and oxygen atoms in total. The SMILES string of the molecule is CCCOC12CCC3C4C(C(C)C=CCC4(C)O)C(C(=O)O)C3(C[C@@H]1C)C2. The first kappa shape index (κ1) is 19.4. The second-order valence-electron chi connectivity index (χ2n) is 10.3. The minimum Gasteiger partial charge on any atom is -0.481 e. The van der Waals surface area contributed by atoms with Crippen LogP contribution in [0.25, 0.3) is 0 Å². The zero-order valence-electron chi connectivity index (χ0n) is 17.3. The van der Waals surface area contributed by atoms with Gasteiger partial charge in [-0.2, -0.15) is 0 Å². The molecule has 2 N–H and O–H groups in total. The summed E-state index contributed by atoms with van der Waals surface area (Å²) in [5.74, 6) is -0.130. The average molecular weight is 377 g/mol. The highest BCUT2D eigenvalue weighted by Crippen LogP contribution is 2.73. The number of aliphatic carboxylic acids is 1. The highest BCUT2D eigenvalue weighted by Gasteiger charge is 2.73. The van der Waals surface area contributed by atoms with Crippen molar-refractivity contribution in [3.63, 3.8) is 0 Å². The van der Waals surface area contributed by atoms with Crippen LogP contribution in [0.2, 0.25) is 0 Å². The Kier molecular flexibility index (Phi) is 4.55. The predicted octanol–water partition coefficient (Wildman–Crippen LogP) is 4.27. The van der Waals surface area contributed by atoms with Crippen molar-refractivity contribution in [1.29, 1.82) is 0 Å². The number of carbonyl (C=O) groups is 1. The van der Waals surface area contributed by atoms with Crippen molar-refractivity contribution in [3.8, 4) is 0 Å². The van der Waals surface area contributed by atoms with Crippen LogP contribution in [-0.2, 0) is 9.53 Å². The lowest BCUT2D eigenvalue weighted by molar-refractivity contribution is -0.151. The standard InChI is InChI=1S/C23H36O4/c1-5-11-27-23-10-8-16-18-17(14(2)7-6-9-21(18,4)26)19(20(24)25)22(16,13-23)12-15(23)3/h6-7,14-19,26H,5,8-13H2,1-4H3,(H,24,25)/t14?,15-,16?,17?,18?,19?,21?,22?,23?/m0/s1. The minimum absolute atomic E-state index is 0.00789. The number of aliphatic hydroxyl groups is 1. The summed E-state index contributed by atoms with van der Waals surface area (Å²) in [5.41, 5.74) is -1.21. The summed E-state index contributed by atoms with van der Waals surface area (Å²) in [5, 5.41) is 21.8. The molecule has 3 saturated carbocycles. The van der Waals surface area contributed by atoms with Crippen molar-refractivity contribution in [1.82, 2.24) is 0 Å². The first-order valence-corrected chi connectivity index (χ1v) is 10.9. The van der Waals surface area contributed by atoms with Gasteiger partial charge in [0.15, 0.2) is 0 Å². The lowest BCUT2D eigenvalue weighted by Crippen LogP contribution is -2.47. The second-order valence-corrected chi connectivity index (χ2v) is 10.3. The molecule has 27 heavy (non-hydrogen) atoms. The topological polar surface area (TPSA) is 66.8 Å². The molecule has 9 atom stereocenters. The van der Waals surface area contributed by atoms with Gasteiger partial charge in [0, 0.05) is 6.61 Å². The molecule has 0 heterocycles. The molecule has 152 valence electrons. The number of rotatable bonds is 4. The Hall–Kier alpha value is -0.870. The van der Waals surface area contributed by atoms with Gasteiger partial charge in [-0.25, -0.2) is 0 Å². The largest absolute Gasteiger partial charge is 0.481 e. The van der Waals surface area contributed by atoms with E-state index in [9.17, 15) is 15.0 Å². The summed E-state index contributed by atoms with van der Waals surface area (Å²) in [6, 6.07) is 0. The Labute approximate surface area is 163 Å². The number of carboxylic acids is 1. The molecular weight excluding hydrogens is 340 g/mol. The van der Waals surface area contributed by atoms with Crippen LogP contribution < -0.4 is 0 Å². The zero-order chi connectivity index (χ0) is 19.6. The van der Waals surface area contributed by atoms with E-state index < -0.39 is 11.6 Å². The molecule has 0 aliphatic heterocycles. The molecule has 3 fully saturated rings. The van der Waals surface area contributed by atoms with E-state index in [4.69, 9.17) is 4.74 Å². The molecule has 2 bridgehead atoms. The molecular formula is C23H36O4. The van der Waals surface area contributed by atoms with Crippen molar-refractivity contribution in [3.05, 3.63) is 12.2 Å². The third-order valence-electron chi connectivity index (χ3n) is 8.84. The van der Waals surface area contributed by atoms with E-state index in [2.05, 4.69) is 32.9 Å². The number of hydrogen-bond donors (Lipinski definition) is 2.